The molecule has 0 N–H and O–H groups in total. The predicted octanol–water partition coefficient (Wildman–Crippen LogP) is 4.56. The zero-order chi connectivity index (χ0) is 47.8. The highest BCUT2D eigenvalue weighted by atomic mass is 16.6. The van der Waals surface area contributed by atoms with Crippen molar-refractivity contribution in [1.82, 2.24) is 19.6 Å². The summed E-state index contributed by atoms with van der Waals surface area (Å²) in [6, 6.07) is 9.84. The maximum absolute atomic E-state index is 13.4. The molecule has 0 bridgehead atoms. The van der Waals surface area contributed by atoms with Crippen LogP contribution in [-0.4, -0.2) is 172 Å². The van der Waals surface area contributed by atoms with Gasteiger partial charge >= 0.3 is 23.9 Å². The van der Waals surface area contributed by atoms with Crippen LogP contribution in [0.15, 0.2) is 36.4 Å². The number of methoxy groups -OCH3 is 9. The summed E-state index contributed by atoms with van der Waals surface area (Å²) in [4.78, 5) is 60.1. The van der Waals surface area contributed by atoms with E-state index < -0.39 is 23.5 Å². The van der Waals surface area contributed by atoms with Gasteiger partial charge in [-0.1, -0.05) is 0 Å². The number of carbonyl (C=O) groups excluding carboxylic acids is 4. The van der Waals surface area contributed by atoms with Crippen LogP contribution < -0.4 is 28.4 Å². The first-order valence-electron chi connectivity index (χ1n) is 21.2. The van der Waals surface area contributed by atoms with Crippen molar-refractivity contribution in [3.05, 3.63) is 69.8 Å². The Labute approximate surface area is 382 Å². The molecule has 1 heterocycles. The van der Waals surface area contributed by atoms with Gasteiger partial charge in [-0.15, -0.1) is 0 Å². The Morgan fingerprint density at radius 1 is 0.415 bits per heavy atom. The van der Waals surface area contributed by atoms with Gasteiger partial charge in [-0.3, -0.25) is 24.4 Å². The first kappa shape index (κ1) is 51.8. The molecular formula is C47H66N4O14. The third-order valence-corrected chi connectivity index (χ3v) is 10.9. The van der Waals surface area contributed by atoms with Gasteiger partial charge in [0.2, 0.25) is 0 Å². The van der Waals surface area contributed by atoms with Crippen molar-refractivity contribution in [3.63, 3.8) is 0 Å². The predicted molar refractivity (Wildman–Crippen MR) is 241 cm³/mol. The van der Waals surface area contributed by atoms with Gasteiger partial charge in [-0.05, 0) is 57.2 Å². The van der Waals surface area contributed by atoms with Crippen molar-refractivity contribution in [3.8, 4) is 34.5 Å². The lowest BCUT2D eigenvalue weighted by Gasteiger charge is -2.35. The number of hydrogen-bond donors (Lipinski definition) is 0. The van der Waals surface area contributed by atoms with Gasteiger partial charge in [0.25, 0.3) is 0 Å². The highest BCUT2D eigenvalue weighted by molar-refractivity contribution is 5.92. The second-order valence-corrected chi connectivity index (χ2v) is 16.2. The van der Waals surface area contributed by atoms with Crippen LogP contribution in [0, 0.1) is 0 Å². The van der Waals surface area contributed by atoms with Crippen molar-refractivity contribution in [2.75, 3.05) is 123 Å². The van der Waals surface area contributed by atoms with E-state index in [-0.39, 0.29) is 29.2 Å². The highest BCUT2D eigenvalue weighted by Gasteiger charge is 2.27. The smallest absolute Gasteiger partial charge is 0.338 e. The summed E-state index contributed by atoms with van der Waals surface area (Å²) in [5, 5.41) is 0. The maximum Gasteiger partial charge on any atom is 0.338 e. The van der Waals surface area contributed by atoms with Crippen LogP contribution in [0.3, 0.4) is 0 Å². The summed E-state index contributed by atoms with van der Waals surface area (Å²) < 4.78 is 55.8. The average Bonchev–Trinajstić information content (AvgIpc) is 3.30. The SMILES string of the molecule is COC(=O)c1cc(OC)c(CN2CCN(CC(=O)OC(C)(C)C)CCN(Cc3c(OC)cc(C(=O)OC)cc3OC)CCN(Cc3c(OC)cc(C(=O)OC)cc3OC)CC2)c(OC)c1. The molecule has 0 aliphatic carbocycles. The second-order valence-electron chi connectivity index (χ2n) is 16.2. The summed E-state index contributed by atoms with van der Waals surface area (Å²) >= 11 is 0. The molecule has 0 unspecified atom stereocenters. The van der Waals surface area contributed by atoms with E-state index in [1.54, 1.807) is 50.6 Å². The fourth-order valence-electron chi connectivity index (χ4n) is 7.56. The Balaban J connectivity index is 1.82. The Bertz CT molecular complexity index is 1940. The second kappa shape index (κ2) is 24.5. The molecule has 0 amide bonds. The standard InChI is InChI=1S/C47H66N4O14/c1-47(2,3)65-43(52)30-51-19-17-49(28-35-39(58-6)23-32(45(54)63-11)24-40(35)59-7)15-13-48(27-34-37(56-4)21-31(44(53)62-10)22-38(34)57-5)14-16-50(18-20-51)29-36-41(60-8)25-33(46(55)64-12)26-42(36)61-9/h21-26H,13-20,27-30H2,1-12H3. The van der Waals surface area contributed by atoms with Crippen LogP contribution in [0.2, 0.25) is 0 Å². The molecule has 4 rings (SSSR count). The molecule has 0 aromatic heterocycles. The van der Waals surface area contributed by atoms with Crippen molar-refractivity contribution >= 4 is 23.9 Å². The van der Waals surface area contributed by atoms with Crippen molar-refractivity contribution < 1.29 is 66.5 Å². The Morgan fingerprint density at radius 3 is 0.846 bits per heavy atom. The monoisotopic (exact) mass is 910 g/mol. The minimum atomic E-state index is -0.678. The first-order chi connectivity index (χ1) is 31.0. The molecular weight excluding hydrogens is 845 g/mol. The van der Waals surface area contributed by atoms with E-state index in [1.807, 2.05) is 20.8 Å². The van der Waals surface area contributed by atoms with E-state index in [0.29, 0.717) is 106 Å². The van der Waals surface area contributed by atoms with Gasteiger partial charge in [-0.2, -0.15) is 0 Å². The van der Waals surface area contributed by atoms with E-state index in [1.165, 1.54) is 49.8 Å². The Morgan fingerprint density at radius 2 is 0.646 bits per heavy atom. The van der Waals surface area contributed by atoms with E-state index in [9.17, 15) is 19.2 Å². The summed E-state index contributed by atoms with van der Waals surface area (Å²) in [6.07, 6.45) is 0. The molecule has 1 aliphatic rings. The normalized spacial score (nSPS) is 14.8. The van der Waals surface area contributed by atoms with Crippen LogP contribution in [0.1, 0.15) is 68.5 Å². The molecule has 3 aromatic carbocycles. The van der Waals surface area contributed by atoms with E-state index >= 15 is 0 Å². The zero-order valence-electron chi connectivity index (χ0n) is 40.0. The van der Waals surface area contributed by atoms with Gasteiger partial charge < -0.3 is 47.4 Å². The number of esters is 4. The molecule has 0 spiro atoms. The van der Waals surface area contributed by atoms with Gasteiger partial charge in [0, 0.05) is 72.0 Å². The van der Waals surface area contributed by atoms with Gasteiger partial charge in [-0.25, -0.2) is 14.4 Å². The van der Waals surface area contributed by atoms with Gasteiger partial charge in [0.1, 0.15) is 40.1 Å². The fraction of sp³-hybridized carbons (Fsp3) is 0.532. The molecule has 358 valence electrons. The number of nitrogens with zero attached hydrogens (tertiary/aromatic N) is 4. The summed E-state index contributed by atoms with van der Waals surface area (Å²) in [5.41, 5.74) is 2.38. The maximum atomic E-state index is 13.4. The van der Waals surface area contributed by atoms with E-state index in [4.69, 9.17) is 47.4 Å². The molecule has 65 heavy (non-hydrogen) atoms. The van der Waals surface area contributed by atoms with Crippen molar-refractivity contribution in [2.24, 2.45) is 0 Å². The molecule has 1 aliphatic heterocycles. The number of carbonyl (C=O) groups is 4. The average molecular weight is 911 g/mol. The molecule has 18 nitrogen and oxygen atoms in total. The lowest BCUT2D eigenvalue weighted by Crippen LogP contribution is -2.47. The van der Waals surface area contributed by atoms with Crippen LogP contribution >= 0.6 is 0 Å². The molecule has 0 radical (unpaired) electrons. The molecule has 0 saturated carbocycles. The van der Waals surface area contributed by atoms with Gasteiger partial charge in [0.15, 0.2) is 0 Å². The molecule has 1 saturated heterocycles. The van der Waals surface area contributed by atoms with Crippen LogP contribution in [0.5, 0.6) is 34.5 Å². The molecule has 1 fully saturated rings. The summed E-state index contributed by atoms with van der Waals surface area (Å²) in [5.74, 6) is 0.828. The number of benzene rings is 3. The molecule has 18 heteroatoms. The Hall–Kier alpha value is -5.82. The van der Waals surface area contributed by atoms with Gasteiger partial charge in [0.05, 0.1) is 104 Å². The van der Waals surface area contributed by atoms with Crippen molar-refractivity contribution in [1.29, 1.82) is 0 Å². The fourth-order valence-corrected chi connectivity index (χ4v) is 7.56. The third-order valence-electron chi connectivity index (χ3n) is 10.9. The molecule has 0 atom stereocenters. The topological polar surface area (TPSA) is 174 Å². The number of rotatable bonds is 17. The van der Waals surface area contributed by atoms with Crippen LogP contribution in [0.25, 0.3) is 0 Å². The highest BCUT2D eigenvalue weighted by Crippen LogP contribution is 2.35. The lowest BCUT2D eigenvalue weighted by molar-refractivity contribution is -0.156. The number of hydrogen-bond acceptors (Lipinski definition) is 18. The minimum absolute atomic E-state index is 0.0488. The molecule has 3 aromatic rings. The first-order valence-corrected chi connectivity index (χ1v) is 21.2. The van der Waals surface area contributed by atoms with E-state index in [0.717, 1.165) is 16.7 Å². The van der Waals surface area contributed by atoms with E-state index in [2.05, 4.69) is 19.6 Å². The minimum Gasteiger partial charge on any atom is -0.496 e. The number of ether oxygens (including phenoxy) is 10. The third kappa shape index (κ3) is 14.3. The lowest BCUT2D eigenvalue weighted by atomic mass is 10.1. The zero-order valence-corrected chi connectivity index (χ0v) is 40.0. The Kier molecular flexibility index (Phi) is 19.5. The summed E-state index contributed by atoms with van der Waals surface area (Å²) in [7, 11) is 13.2. The quantitative estimate of drug-likeness (QED) is 0.136. The van der Waals surface area contributed by atoms with Crippen LogP contribution in [0.4, 0.5) is 0 Å². The summed E-state index contributed by atoms with van der Waals surface area (Å²) in [6.45, 7) is 10.8. The van der Waals surface area contributed by atoms with Crippen LogP contribution in [-0.2, 0) is 43.4 Å². The largest absolute Gasteiger partial charge is 0.496 e. The van der Waals surface area contributed by atoms with Crippen molar-refractivity contribution in [2.45, 2.75) is 46.0 Å².